The number of thiazole rings is 1. The number of para-hydroxylation sites is 2. The number of nitrogens with zero attached hydrogens (tertiary/aromatic N) is 2. The van der Waals surface area contributed by atoms with Crippen LogP contribution in [0.5, 0.6) is 5.75 Å². The summed E-state index contributed by atoms with van der Waals surface area (Å²) in [4.78, 5) is 9.14. The lowest BCUT2D eigenvalue weighted by molar-refractivity contribution is 0.417. The van der Waals surface area contributed by atoms with Crippen molar-refractivity contribution in [3.63, 3.8) is 0 Å². The summed E-state index contributed by atoms with van der Waals surface area (Å²) in [7, 11) is 1.67. The van der Waals surface area contributed by atoms with Crippen LogP contribution in [0.4, 0.5) is 10.8 Å². The van der Waals surface area contributed by atoms with Crippen molar-refractivity contribution >= 4 is 27.7 Å². The highest BCUT2D eigenvalue weighted by Crippen LogP contribution is 2.34. The summed E-state index contributed by atoms with van der Waals surface area (Å²) >= 11 is 1.59. The topological polar surface area (TPSA) is 47.0 Å². The molecule has 1 aliphatic rings. The molecule has 0 saturated carbocycles. The molecular weight excluding hydrogens is 306 g/mol. The Hall–Kier alpha value is -2.66. The second kappa shape index (κ2) is 5.85. The van der Waals surface area contributed by atoms with Crippen molar-refractivity contribution in [2.75, 3.05) is 12.4 Å². The molecule has 4 rings (SSSR count). The van der Waals surface area contributed by atoms with Crippen LogP contribution in [0.2, 0.25) is 0 Å². The number of methoxy groups -OCH3 is 1. The van der Waals surface area contributed by atoms with Crippen molar-refractivity contribution in [1.29, 1.82) is 0 Å². The number of rotatable bonds is 4. The summed E-state index contributed by atoms with van der Waals surface area (Å²) in [6, 6.07) is 11.9. The van der Waals surface area contributed by atoms with Crippen molar-refractivity contribution in [3.8, 4) is 5.75 Å². The molecule has 23 heavy (non-hydrogen) atoms. The number of aromatic nitrogens is 2. The number of benzene rings is 1. The Balaban J connectivity index is 1.61. The van der Waals surface area contributed by atoms with Crippen LogP contribution in [-0.4, -0.2) is 17.1 Å². The molecule has 114 valence electrons. The Morgan fingerprint density at radius 2 is 2.09 bits per heavy atom. The smallest absolute Gasteiger partial charge is 0.187 e. The molecule has 3 aromatic rings. The molecule has 0 fully saturated rings. The molecule has 0 unspecified atom stereocenters. The van der Waals surface area contributed by atoms with Gasteiger partial charge in [0.25, 0.3) is 0 Å². The largest absolute Gasteiger partial charge is 0.495 e. The van der Waals surface area contributed by atoms with Gasteiger partial charge in [-0.25, -0.2) is 4.98 Å². The van der Waals surface area contributed by atoms with Gasteiger partial charge in [-0.2, -0.15) is 0 Å². The molecule has 0 radical (unpaired) electrons. The lowest BCUT2D eigenvalue weighted by Crippen LogP contribution is -1.94. The molecule has 0 bridgehead atoms. The number of allylic oxidation sites excluding steroid dienone is 1. The van der Waals surface area contributed by atoms with Gasteiger partial charge in [-0.05, 0) is 18.2 Å². The first-order valence-corrected chi connectivity index (χ1v) is 8.23. The predicted octanol–water partition coefficient (Wildman–Crippen LogP) is 4.28. The van der Waals surface area contributed by atoms with Crippen molar-refractivity contribution in [3.05, 3.63) is 71.0 Å². The minimum absolute atomic E-state index is 0.805. The Morgan fingerprint density at radius 3 is 3.00 bits per heavy atom. The normalized spacial score (nSPS) is 12.7. The maximum atomic E-state index is 5.37. The highest BCUT2D eigenvalue weighted by Gasteiger charge is 2.18. The van der Waals surface area contributed by atoms with Crippen LogP contribution in [0.3, 0.4) is 0 Å². The molecule has 5 heteroatoms. The van der Waals surface area contributed by atoms with Crippen molar-refractivity contribution < 1.29 is 4.74 Å². The van der Waals surface area contributed by atoms with E-state index < -0.39 is 0 Å². The van der Waals surface area contributed by atoms with E-state index in [1.54, 1.807) is 18.4 Å². The molecule has 2 heterocycles. The molecule has 0 aliphatic heterocycles. The highest BCUT2D eigenvalue weighted by molar-refractivity contribution is 7.13. The summed E-state index contributed by atoms with van der Waals surface area (Å²) < 4.78 is 5.37. The van der Waals surface area contributed by atoms with Gasteiger partial charge in [0.2, 0.25) is 0 Å². The third-order valence-corrected chi connectivity index (χ3v) is 4.57. The number of nitrogens with one attached hydrogen (secondary N) is 1. The van der Waals surface area contributed by atoms with Gasteiger partial charge in [0, 0.05) is 29.1 Å². The fourth-order valence-electron chi connectivity index (χ4n) is 2.72. The zero-order valence-corrected chi connectivity index (χ0v) is 13.4. The zero-order valence-electron chi connectivity index (χ0n) is 12.6. The van der Waals surface area contributed by atoms with Gasteiger partial charge < -0.3 is 10.1 Å². The second-order valence-corrected chi connectivity index (χ2v) is 6.04. The molecule has 4 nitrogen and oxygen atoms in total. The number of pyridine rings is 1. The average Bonchev–Trinajstić information content (AvgIpc) is 3.22. The van der Waals surface area contributed by atoms with E-state index >= 15 is 0 Å². The first-order valence-electron chi connectivity index (χ1n) is 7.35. The van der Waals surface area contributed by atoms with Crippen LogP contribution in [0.15, 0.2) is 54.1 Å². The van der Waals surface area contributed by atoms with Gasteiger partial charge >= 0.3 is 0 Å². The minimum atomic E-state index is 0.805. The Labute approximate surface area is 138 Å². The molecule has 1 aliphatic carbocycles. The zero-order chi connectivity index (χ0) is 15.6. The van der Waals surface area contributed by atoms with E-state index in [1.165, 1.54) is 5.56 Å². The van der Waals surface area contributed by atoms with Gasteiger partial charge in [-0.15, -0.1) is 11.3 Å². The summed E-state index contributed by atoms with van der Waals surface area (Å²) in [5.74, 6) is 0.805. The van der Waals surface area contributed by atoms with E-state index in [4.69, 9.17) is 9.72 Å². The predicted molar refractivity (Wildman–Crippen MR) is 93.4 cm³/mol. The van der Waals surface area contributed by atoms with Gasteiger partial charge in [-0.3, -0.25) is 4.98 Å². The van der Waals surface area contributed by atoms with E-state index in [0.717, 1.165) is 40.0 Å². The van der Waals surface area contributed by atoms with Crippen molar-refractivity contribution in [2.45, 2.75) is 6.42 Å². The summed E-state index contributed by atoms with van der Waals surface area (Å²) in [6.45, 7) is 0. The van der Waals surface area contributed by atoms with Crippen molar-refractivity contribution in [2.24, 2.45) is 0 Å². The van der Waals surface area contributed by atoms with E-state index in [0.29, 0.717) is 0 Å². The maximum absolute atomic E-state index is 5.37. The highest BCUT2D eigenvalue weighted by atomic mass is 32.1. The first kappa shape index (κ1) is 14.0. The number of fused-ring (bicyclic) bond motifs is 1. The first-order chi connectivity index (χ1) is 11.3. The monoisotopic (exact) mass is 321 g/mol. The van der Waals surface area contributed by atoms with Crippen LogP contribution >= 0.6 is 11.3 Å². The maximum Gasteiger partial charge on any atom is 0.187 e. The van der Waals surface area contributed by atoms with Crippen LogP contribution in [0.1, 0.15) is 17.0 Å². The molecule has 0 atom stereocenters. The molecule has 2 aromatic heterocycles. The lowest BCUT2D eigenvalue weighted by atomic mass is 10.1. The number of anilines is 2. The minimum Gasteiger partial charge on any atom is -0.495 e. The Kier molecular flexibility index (Phi) is 3.55. The van der Waals surface area contributed by atoms with Gasteiger partial charge in [0.1, 0.15) is 5.75 Å². The molecule has 0 amide bonds. The summed E-state index contributed by atoms with van der Waals surface area (Å²) in [6.07, 6.45) is 4.91. The summed E-state index contributed by atoms with van der Waals surface area (Å²) in [5.41, 5.74) is 5.37. The SMILES string of the molecule is COc1ccccc1Nc1nc(C2=CCc3ncccc32)cs1. The molecule has 0 spiro atoms. The van der Waals surface area contributed by atoms with Crippen LogP contribution in [0, 0.1) is 0 Å². The third-order valence-electron chi connectivity index (χ3n) is 3.81. The molecule has 1 N–H and O–H groups in total. The average molecular weight is 321 g/mol. The fourth-order valence-corrected chi connectivity index (χ4v) is 3.44. The van der Waals surface area contributed by atoms with Gasteiger partial charge in [0.05, 0.1) is 24.2 Å². The van der Waals surface area contributed by atoms with Crippen molar-refractivity contribution in [1.82, 2.24) is 9.97 Å². The second-order valence-electron chi connectivity index (χ2n) is 5.18. The van der Waals surface area contributed by atoms with E-state index in [1.807, 2.05) is 36.5 Å². The number of hydrogen-bond donors (Lipinski definition) is 1. The van der Waals surface area contributed by atoms with Crippen LogP contribution in [-0.2, 0) is 6.42 Å². The standard InChI is InChI=1S/C18H15N3OS/c1-22-17-7-3-2-6-15(17)20-18-21-16(11-23-18)13-8-9-14-12(13)5-4-10-19-14/h2-8,10-11H,9H2,1H3,(H,20,21). The van der Waals surface area contributed by atoms with Gasteiger partial charge in [0.15, 0.2) is 5.13 Å². The van der Waals surface area contributed by atoms with Gasteiger partial charge in [-0.1, -0.05) is 24.3 Å². The van der Waals surface area contributed by atoms with E-state index in [-0.39, 0.29) is 0 Å². The third kappa shape index (κ3) is 2.59. The number of hydrogen-bond acceptors (Lipinski definition) is 5. The molecule has 0 saturated heterocycles. The fraction of sp³-hybridized carbons (Fsp3) is 0.111. The quantitative estimate of drug-likeness (QED) is 0.779. The molecule has 1 aromatic carbocycles. The Bertz CT molecular complexity index is 885. The van der Waals surface area contributed by atoms with Crippen LogP contribution < -0.4 is 10.1 Å². The molecular formula is C18H15N3OS. The number of ether oxygens (including phenoxy) is 1. The van der Waals surface area contributed by atoms with Crippen LogP contribution in [0.25, 0.3) is 5.57 Å². The Morgan fingerprint density at radius 1 is 1.17 bits per heavy atom. The van der Waals surface area contributed by atoms with E-state index in [9.17, 15) is 0 Å². The van der Waals surface area contributed by atoms with E-state index in [2.05, 4.69) is 27.8 Å². The summed E-state index contributed by atoms with van der Waals surface area (Å²) in [5, 5.41) is 6.26. The lowest BCUT2D eigenvalue weighted by Gasteiger charge is -2.08.